The van der Waals surface area contributed by atoms with Gasteiger partial charge >= 0.3 is 6.18 Å². The highest BCUT2D eigenvalue weighted by Gasteiger charge is 2.30. The number of aromatic nitrogens is 1. The smallest absolute Gasteiger partial charge is 0.416 e. The first-order valence-corrected chi connectivity index (χ1v) is 11.1. The van der Waals surface area contributed by atoms with Crippen molar-refractivity contribution < 1.29 is 22.7 Å². The van der Waals surface area contributed by atoms with E-state index in [1.165, 1.54) is 6.07 Å². The SMILES string of the molecule is COc1cccc(-n2c(-c3ccc(Cl)cc3)cc(C(=O)NCc3cccc(C(F)(F)F)c3)c2C)c1. The van der Waals surface area contributed by atoms with Crippen LogP contribution in [0.1, 0.15) is 27.2 Å². The number of rotatable bonds is 6. The molecule has 1 aromatic heterocycles. The van der Waals surface area contributed by atoms with Gasteiger partial charge in [0.1, 0.15) is 5.75 Å². The summed E-state index contributed by atoms with van der Waals surface area (Å²) in [5.41, 5.74) is 3.08. The van der Waals surface area contributed by atoms with Gasteiger partial charge in [-0.3, -0.25) is 4.79 Å². The molecule has 0 radical (unpaired) electrons. The molecule has 1 N–H and O–H groups in total. The Hall–Kier alpha value is -3.71. The zero-order valence-electron chi connectivity index (χ0n) is 19.0. The van der Waals surface area contributed by atoms with Crippen molar-refractivity contribution in [2.45, 2.75) is 19.6 Å². The lowest BCUT2D eigenvalue weighted by molar-refractivity contribution is -0.137. The van der Waals surface area contributed by atoms with Crippen LogP contribution in [0.25, 0.3) is 16.9 Å². The number of methoxy groups -OCH3 is 1. The summed E-state index contributed by atoms with van der Waals surface area (Å²) in [4.78, 5) is 13.1. The van der Waals surface area contributed by atoms with Gasteiger partial charge in [-0.15, -0.1) is 0 Å². The monoisotopic (exact) mass is 498 g/mol. The summed E-state index contributed by atoms with van der Waals surface area (Å²) in [6, 6.07) is 21.4. The topological polar surface area (TPSA) is 43.3 Å². The Balaban J connectivity index is 1.70. The lowest BCUT2D eigenvalue weighted by Crippen LogP contribution is -2.23. The first-order chi connectivity index (χ1) is 16.7. The molecule has 1 amide bonds. The minimum atomic E-state index is -4.45. The average Bonchev–Trinajstić information content (AvgIpc) is 3.19. The van der Waals surface area contributed by atoms with Crippen LogP contribution in [0.3, 0.4) is 0 Å². The van der Waals surface area contributed by atoms with Gasteiger partial charge in [0, 0.05) is 29.0 Å². The van der Waals surface area contributed by atoms with E-state index in [4.69, 9.17) is 16.3 Å². The predicted octanol–water partition coefficient (Wildman–Crippen LogP) is 7.06. The van der Waals surface area contributed by atoms with Gasteiger partial charge in [0.2, 0.25) is 0 Å². The Morgan fingerprint density at radius 3 is 2.40 bits per heavy atom. The van der Waals surface area contributed by atoms with E-state index < -0.39 is 17.6 Å². The maximum atomic E-state index is 13.1. The molecule has 180 valence electrons. The van der Waals surface area contributed by atoms with Crippen LogP contribution in [-0.2, 0) is 12.7 Å². The van der Waals surface area contributed by atoms with Crippen molar-refractivity contribution in [3.63, 3.8) is 0 Å². The van der Waals surface area contributed by atoms with E-state index in [0.29, 0.717) is 27.6 Å². The summed E-state index contributed by atoms with van der Waals surface area (Å²) < 4.78 is 46.4. The van der Waals surface area contributed by atoms with Crippen molar-refractivity contribution in [1.82, 2.24) is 9.88 Å². The largest absolute Gasteiger partial charge is 0.497 e. The molecule has 0 spiro atoms. The molecule has 0 aliphatic heterocycles. The van der Waals surface area contributed by atoms with Crippen LogP contribution in [0.5, 0.6) is 5.75 Å². The van der Waals surface area contributed by atoms with Crippen LogP contribution in [0, 0.1) is 6.92 Å². The number of nitrogens with zero attached hydrogens (tertiary/aromatic N) is 1. The molecule has 0 saturated heterocycles. The number of halogens is 4. The maximum absolute atomic E-state index is 13.1. The number of hydrogen-bond donors (Lipinski definition) is 1. The third-order valence-corrected chi connectivity index (χ3v) is 5.90. The molecule has 0 aliphatic rings. The summed E-state index contributed by atoms with van der Waals surface area (Å²) in [6.45, 7) is 1.78. The fourth-order valence-corrected chi connectivity index (χ4v) is 4.01. The normalized spacial score (nSPS) is 11.4. The van der Waals surface area contributed by atoms with Gasteiger partial charge in [0.15, 0.2) is 0 Å². The third kappa shape index (κ3) is 5.35. The summed E-state index contributed by atoms with van der Waals surface area (Å²) in [5.74, 6) is 0.268. The van der Waals surface area contributed by atoms with Crippen LogP contribution in [-0.4, -0.2) is 17.6 Å². The van der Waals surface area contributed by atoms with Gasteiger partial charge < -0.3 is 14.6 Å². The highest BCUT2D eigenvalue weighted by Crippen LogP contribution is 2.32. The molecular weight excluding hydrogens is 477 g/mol. The third-order valence-electron chi connectivity index (χ3n) is 5.65. The maximum Gasteiger partial charge on any atom is 0.416 e. The first-order valence-electron chi connectivity index (χ1n) is 10.7. The van der Waals surface area contributed by atoms with Crippen LogP contribution in [0.2, 0.25) is 5.02 Å². The Morgan fingerprint density at radius 2 is 1.71 bits per heavy atom. The lowest BCUT2D eigenvalue weighted by atomic mass is 10.1. The summed E-state index contributed by atoms with van der Waals surface area (Å²) in [5, 5.41) is 3.33. The van der Waals surface area contributed by atoms with Gasteiger partial charge in [-0.1, -0.05) is 41.9 Å². The molecular formula is C27H22ClF3N2O2. The number of amides is 1. The molecule has 1 heterocycles. The molecule has 0 atom stereocenters. The zero-order chi connectivity index (χ0) is 25.2. The molecule has 35 heavy (non-hydrogen) atoms. The molecule has 0 unspecified atom stereocenters. The molecule has 4 nitrogen and oxygen atoms in total. The standard InChI is InChI=1S/C27H22ClF3N2O2/c1-17-24(26(34)32-16-18-5-3-6-20(13-18)27(29,30)31)15-25(19-9-11-21(28)12-10-19)33(17)22-7-4-8-23(14-22)35-2/h3-15H,16H2,1-2H3,(H,32,34). The summed E-state index contributed by atoms with van der Waals surface area (Å²) in [7, 11) is 1.58. The van der Waals surface area contributed by atoms with E-state index in [2.05, 4.69) is 5.32 Å². The van der Waals surface area contributed by atoms with Crippen molar-refractivity contribution in [2.75, 3.05) is 7.11 Å². The number of carbonyl (C=O) groups excluding carboxylic acids is 1. The van der Waals surface area contributed by atoms with Crippen LogP contribution in [0.15, 0.2) is 78.9 Å². The van der Waals surface area contributed by atoms with Crippen molar-refractivity contribution >= 4 is 17.5 Å². The van der Waals surface area contributed by atoms with E-state index in [9.17, 15) is 18.0 Å². The van der Waals surface area contributed by atoms with Crippen molar-refractivity contribution in [1.29, 1.82) is 0 Å². The lowest BCUT2D eigenvalue weighted by Gasteiger charge is -2.14. The van der Waals surface area contributed by atoms with E-state index in [1.54, 1.807) is 31.4 Å². The summed E-state index contributed by atoms with van der Waals surface area (Å²) in [6.07, 6.45) is -4.45. The fourth-order valence-electron chi connectivity index (χ4n) is 3.89. The van der Waals surface area contributed by atoms with Gasteiger partial charge in [0.25, 0.3) is 5.91 Å². The van der Waals surface area contributed by atoms with Crippen LogP contribution >= 0.6 is 11.6 Å². The van der Waals surface area contributed by atoms with E-state index in [-0.39, 0.29) is 6.54 Å². The number of benzene rings is 3. The van der Waals surface area contributed by atoms with Crippen molar-refractivity contribution in [3.8, 4) is 22.7 Å². The molecule has 4 rings (SSSR count). The minimum absolute atomic E-state index is 0.0389. The molecule has 0 saturated carbocycles. The molecule has 0 fully saturated rings. The van der Waals surface area contributed by atoms with Gasteiger partial charge in [0.05, 0.1) is 23.9 Å². The number of carbonyl (C=O) groups is 1. The highest BCUT2D eigenvalue weighted by molar-refractivity contribution is 6.30. The second-order valence-corrected chi connectivity index (χ2v) is 8.39. The van der Waals surface area contributed by atoms with Gasteiger partial charge in [-0.05, 0) is 60.5 Å². The van der Waals surface area contributed by atoms with Crippen molar-refractivity contribution in [2.24, 2.45) is 0 Å². The first kappa shape index (κ1) is 24.4. The Kier molecular flexibility index (Phi) is 6.89. The van der Waals surface area contributed by atoms with Crippen LogP contribution in [0.4, 0.5) is 13.2 Å². The summed E-state index contributed by atoms with van der Waals surface area (Å²) >= 11 is 6.06. The second-order valence-electron chi connectivity index (χ2n) is 7.95. The highest BCUT2D eigenvalue weighted by atomic mass is 35.5. The molecule has 8 heteroatoms. The number of hydrogen-bond acceptors (Lipinski definition) is 2. The number of ether oxygens (including phenoxy) is 1. The Bertz CT molecular complexity index is 1360. The Labute approximate surface area is 205 Å². The van der Waals surface area contributed by atoms with Gasteiger partial charge in [-0.25, -0.2) is 0 Å². The van der Waals surface area contributed by atoms with Crippen molar-refractivity contribution in [3.05, 3.63) is 106 Å². The number of alkyl halides is 3. The number of nitrogens with one attached hydrogen (secondary N) is 1. The Morgan fingerprint density at radius 1 is 1.00 bits per heavy atom. The second kappa shape index (κ2) is 9.88. The molecule has 0 aliphatic carbocycles. The van der Waals surface area contributed by atoms with Crippen LogP contribution < -0.4 is 10.1 Å². The molecule has 4 aromatic rings. The van der Waals surface area contributed by atoms with E-state index >= 15 is 0 Å². The zero-order valence-corrected chi connectivity index (χ0v) is 19.7. The van der Waals surface area contributed by atoms with Gasteiger partial charge in [-0.2, -0.15) is 13.2 Å². The quantitative estimate of drug-likeness (QED) is 0.309. The molecule has 0 bridgehead atoms. The van der Waals surface area contributed by atoms with E-state index in [0.717, 1.165) is 29.1 Å². The average molecular weight is 499 g/mol. The van der Waals surface area contributed by atoms with E-state index in [1.807, 2.05) is 47.9 Å². The predicted molar refractivity (Wildman–Crippen MR) is 130 cm³/mol. The minimum Gasteiger partial charge on any atom is -0.497 e. The molecule has 3 aromatic carbocycles. The fraction of sp³-hybridized carbons (Fsp3) is 0.148.